The first-order chi connectivity index (χ1) is 13.1. The van der Waals surface area contributed by atoms with E-state index in [-0.39, 0.29) is 5.91 Å². The van der Waals surface area contributed by atoms with E-state index in [0.29, 0.717) is 23.7 Å². The number of ether oxygens (including phenoxy) is 2. The lowest BCUT2D eigenvalue weighted by Crippen LogP contribution is -2.48. The van der Waals surface area contributed by atoms with E-state index in [2.05, 4.69) is 46.3 Å². The van der Waals surface area contributed by atoms with Crippen molar-refractivity contribution in [3.8, 4) is 11.5 Å². The summed E-state index contributed by atoms with van der Waals surface area (Å²) in [6.07, 6.45) is 0. The molecule has 6 nitrogen and oxygen atoms in total. The summed E-state index contributed by atoms with van der Waals surface area (Å²) in [7, 11) is 3.18. The maximum atomic E-state index is 12.5. The first kappa shape index (κ1) is 19.0. The highest BCUT2D eigenvalue weighted by Gasteiger charge is 2.20. The molecule has 0 aliphatic carbocycles. The quantitative estimate of drug-likeness (QED) is 0.849. The number of carbonyl (C=O) groups excluding carboxylic acids is 1. The lowest BCUT2D eigenvalue weighted by atomic mass is 10.2. The molecule has 0 unspecified atom stereocenters. The van der Waals surface area contributed by atoms with Gasteiger partial charge in [-0.05, 0) is 36.8 Å². The highest BCUT2D eigenvalue weighted by atomic mass is 16.5. The molecule has 1 saturated heterocycles. The number of piperazine rings is 1. The molecule has 0 aromatic heterocycles. The van der Waals surface area contributed by atoms with E-state index in [4.69, 9.17) is 9.47 Å². The number of benzene rings is 2. The van der Waals surface area contributed by atoms with Crippen LogP contribution < -0.4 is 19.7 Å². The van der Waals surface area contributed by atoms with Crippen LogP contribution in [0.1, 0.15) is 5.56 Å². The van der Waals surface area contributed by atoms with Crippen molar-refractivity contribution in [1.82, 2.24) is 4.90 Å². The molecule has 0 bridgehead atoms. The molecule has 1 N–H and O–H groups in total. The number of nitrogens with one attached hydrogen (secondary N) is 1. The van der Waals surface area contributed by atoms with Gasteiger partial charge in [-0.2, -0.15) is 0 Å². The van der Waals surface area contributed by atoms with Crippen LogP contribution >= 0.6 is 0 Å². The molecule has 1 amide bonds. The Balaban J connectivity index is 1.54. The highest BCUT2D eigenvalue weighted by molar-refractivity contribution is 5.94. The minimum Gasteiger partial charge on any atom is -0.497 e. The maximum absolute atomic E-state index is 12.5. The molecule has 6 heteroatoms. The minimum atomic E-state index is -0.0504. The van der Waals surface area contributed by atoms with Gasteiger partial charge in [0.1, 0.15) is 11.5 Å². The number of aryl methyl sites for hydroxylation is 1. The van der Waals surface area contributed by atoms with Crippen LogP contribution in [0, 0.1) is 6.92 Å². The van der Waals surface area contributed by atoms with Gasteiger partial charge in [0.15, 0.2) is 0 Å². The van der Waals surface area contributed by atoms with Crippen LogP contribution in [-0.2, 0) is 4.79 Å². The molecule has 0 radical (unpaired) electrons. The lowest BCUT2D eigenvalue weighted by Gasteiger charge is -2.35. The van der Waals surface area contributed by atoms with E-state index >= 15 is 0 Å². The summed E-state index contributed by atoms with van der Waals surface area (Å²) in [5.74, 6) is 1.25. The fraction of sp³-hybridized carbons (Fsp3) is 0.381. The second-order valence-corrected chi connectivity index (χ2v) is 6.72. The summed E-state index contributed by atoms with van der Waals surface area (Å²) in [6, 6.07) is 13.9. The van der Waals surface area contributed by atoms with E-state index in [9.17, 15) is 4.79 Å². The number of amides is 1. The summed E-state index contributed by atoms with van der Waals surface area (Å²) in [4.78, 5) is 17.0. The summed E-state index contributed by atoms with van der Waals surface area (Å²) < 4.78 is 10.5. The highest BCUT2D eigenvalue weighted by Crippen LogP contribution is 2.28. The number of methoxy groups -OCH3 is 2. The topological polar surface area (TPSA) is 54.0 Å². The average molecular weight is 369 g/mol. The second kappa shape index (κ2) is 8.77. The van der Waals surface area contributed by atoms with Crippen LogP contribution in [0.25, 0.3) is 0 Å². The van der Waals surface area contributed by atoms with Gasteiger partial charge in [-0.3, -0.25) is 9.69 Å². The fourth-order valence-electron chi connectivity index (χ4n) is 3.29. The number of carbonyl (C=O) groups is 1. The SMILES string of the molecule is COc1ccc(OC)c(NC(=O)CN2CCN(c3cccc(C)c3)CC2)c1. The summed E-state index contributed by atoms with van der Waals surface area (Å²) in [5.41, 5.74) is 3.14. The third-order valence-corrected chi connectivity index (χ3v) is 4.79. The molecule has 2 aromatic carbocycles. The molecule has 0 spiro atoms. The Labute approximate surface area is 160 Å². The zero-order valence-corrected chi connectivity index (χ0v) is 16.2. The van der Waals surface area contributed by atoms with Gasteiger partial charge in [-0.25, -0.2) is 0 Å². The molecule has 3 rings (SSSR count). The predicted molar refractivity (Wildman–Crippen MR) is 108 cm³/mol. The van der Waals surface area contributed by atoms with Crippen LogP contribution in [0.5, 0.6) is 11.5 Å². The van der Waals surface area contributed by atoms with Gasteiger partial charge in [-0.1, -0.05) is 12.1 Å². The Morgan fingerprint density at radius 1 is 1.04 bits per heavy atom. The second-order valence-electron chi connectivity index (χ2n) is 6.72. The smallest absolute Gasteiger partial charge is 0.238 e. The van der Waals surface area contributed by atoms with Crippen molar-refractivity contribution < 1.29 is 14.3 Å². The Bertz CT molecular complexity index is 786. The van der Waals surface area contributed by atoms with Crippen LogP contribution in [0.3, 0.4) is 0 Å². The van der Waals surface area contributed by atoms with Crippen LogP contribution in [0.2, 0.25) is 0 Å². The monoisotopic (exact) mass is 369 g/mol. The van der Waals surface area contributed by atoms with Crippen molar-refractivity contribution in [2.75, 3.05) is 57.2 Å². The third kappa shape index (κ3) is 4.92. The van der Waals surface area contributed by atoms with Gasteiger partial charge < -0.3 is 19.7 Å². The fourth-order valence-corrected chi connectivity index (χ4v) is 3.29. The summed E-state index contributed by atoms with van der Waals surface area (Å²) in [5, 5.41) is 2.93. The van der Waals surface area contributed by atoms with Crippen molar-refractivity contribution in [2.45, 2.75) is 6.92 Å². The van der Waals surface area contributed by atoms with Crippen LogP contribution in [-0.4, -0.2) is 57.8 Å². The van der Waals surface area contributed by atoms with Crippen molar-refractivity contribution in [1.29, 1.82) is 0 Å². The van der Waals surface area contributed by atoms with Gasteiger partial charge in [0, 0.05) is 37.9 Å². The van der Waals surface area contributed by atoms with E-state index in [1.165, 1.54) is 11.3 Å². The van der Waals surface area contributed by atoms with Gasteiger partial charge in [0.05, 0.1) is 26.5 Å². The Kier molecular flexibility index (Phi) is 6.19. The largest absolute Gasteiger partial charge is 0.497 e. The molecule has 2 aromatic rings. The molecule has 27 heavy (non-hydrogen) atoms. The maximum Gasteiger partial charge on any atom is 0.238 e. The first-order valence-corrected chi connectivity index (χ1v) is 9.15. The number of hydrogen-bond acceptors (Lipinski definition) is 5. The van der Waals surface area contributed by atoms with Crippen molar-refractivity contribution in [3.05, 3.63) is 48.0 Å². The normalized spacial score (nSPS) is 14.7. The summed E-state index contributed by atoms with van der Waals surface area (Å²) in [6.45, 7) is 6.02. The molecular weight excluding hydrogens is 342 g/mol. The van der Waals surface area contributed by atoms with Crippen molar-refractivity contribution >= 4 is 17.3 Å². The molecular formula is C21H27N3O3. The van der Waals surface area contributed by atoms with Gasteiger partial charge in [-0.15, -0.1) is 0 Å². The van der Waals surface area contributed by atoms with Gasteiger partial charge in [0.2, 0.25) is 5.91 Å². The van der Waals surface area contributed by atoms with E-state index < -0.39 is 0 Å². The van der Waals surface area contributed by atoms with Crippen molar-refractivity contribution in [2.24, 2.45) is 0 Å². The molecule has 1 heterocycles. The zero-order chi connectivity index (χ0) is 19.2. The zero-order valence-electron chi connectivity index (χ0n) is 16.2. The molecule has 0 atom stereocenters. The average Bonchev–Trinajstić information content (AvgIpc) is 2.68. The van der Waals surface area contributed by atoms with Crippen molar-refractivity contribution in [3.63, 3.8) is 0 Å². The Hall–Kier alpha value is -2.73. The number of rotatable bonds is 6. The van der Waals surface area contributed by atoms with Gasteiger partial charge in [0.25, 0.3) is 0 Å². The Morgan fingerprint density at radius 3 is 2.48 bits per heavy atom. The van der Waals surface area contributed by atoms with Crippen LogP contribution in [0.4, 0.5) is 11.4 Å². The number of nitrogens with zero attached hydrogens (tertiary/aromatic N) is 2. The number of hydrogen-bond donors (Lipinski definition) is 1. The first-order valence-electron chi connectivity index (χ1n) is 9.15. The molecule has 1 aliphatic rings. The molecule has 1 aliphatic heterocycles. The standard InChI is InChI=1S/C21H27N3O3/c1-16-5-4-6-17(13-16)24-11-9-23(10-12-24)15-21(25)22-19-14-18(26-2)7-8-20(19)27-3/h4-8,13-14H,9-12,15H2,1-3H3,(H,22,25). The molecule has 0 saturated carbocycles. The van der Waals surface area contributed by atoms with E-state index in [1.807, 2.05) is 0 Å². The van der Waals surface area contributed by atoms with E-state index in [0.717, 1.165) is 26.2 Å². The lowest BCUT2D eigenvalue weighted by molar-refractivity contribution is -0.117. The van der Waals surface area contributed by atoms with Gasteiger partial charge >= 0.3 is 0 Å². The Morgan fingerprint density at radius 2 is 1.81 bits per heavy atom. The molecule has 144 valence electrons. The number of anilines is 2. The molecule has 1 fully saturated rings. The predicted octanol–water partition coefficient (Wildman–Crippen LogP) is 2.77. The minimum absolute atomic E-state index is 0.0504. The summed E-state index contributed by atoms with van der Waals surface area (Å²) >= 11 is 0. The third-order valence-electron chi connectivity index (χ3n) is 4.79. The van der Waals surface area contributed by atoms with E-state index in [1.54, 1.807) is 32.4 Å². The van der Waals surface area contributed by atoms with Crippen LogP contribution in [0.15, 0.2) is 42.5 Å².